The van der Waals surface area contributed by atoms with Crippen LogP contribution in [0.4, 0.5) is 11.4 Å². The maximum Gasteiger partial charge on any atom is 0.255 e. The van der Waals surface area contributed by atoms with Crippen LogP contribution in [0, 0.1) is 5.92 Å². The Balaban J connectivity index is 1.54. The summed E-state index contributed by atoms with van der Waals surface area (Å²) in [6.45, 7) is 10.9. The van der Waals surface area contributed by atoms with Crippen LogP contribution in [-0.4, -0.2) is 49.0 Å². The lowest BCUT2D eigenvalue weighted by atomic mass is 10.1. The van der Waals surface area contributed by atoms with Crippen LogP contribution in [0.15, 0.2) is 48.5 Å². The van der Waals surface area contributed by atoms with Crippen molar-refractivity contribution >= 4 is 23.2 Å². The van der Waals surface area contributed by atoms with Crippen molar-refractivity contribution in [3.05, 3.63) is 54.1 Å². The normalized spacial score (nSPS) is 14.2. The molecule has 1 aliphatic heterocycles. The number of rotatable bonds is 6. The largest absolute Gasteiger partial charge is 0.491 e. The van der Waals surface area contributed by atoms with Crippen LogP contribution in [0.25, 0.3) is 0 Å². The minimum atomic E-state index is -0.153. The van der Waals surface area contributed by atoms with Crippen molar-refractivity contribution in [3.63, 3.8) is 0 Å². The summed E-state index contributed by atoms with van der Waals surface area (Å²) in [5, 5.41) is 2.93. The first-order valence-corrected chi connectivity index (χ1v) is 10.6. The van der Waals surface area contributed by atoms with E-state index in [1.54, 1.807) is 12.1 Å². The molecule has 1 fully saturated rings. The number of anilines is 2. The highest BCUT2D eigenvalue weighted by Crippen LogP contribution is 2.21. The molecule has 0 bridgehead atoms. The Kier molecular flexibility index (Phi) is 6.98. The van der Waals surface area contributed by atoms with Gasteiger partial charge in [0.1, 0.15) is 5.75 Å². The molecule has 6 heteroatoms. The molecule has 1 N–H and O–H groups in total. The average molecular weight is 410 g/mol. The highest BCUT2D eigenvalue weighted by Gasteiger charge is 2.22. The van der Waals surface area contributed by atoms with Crippen LogP contribution in [0.2, 0.25) is 0 Å². The number of carbonyl (C=O) groups is 2. The van der Waals surface area contributed by atoms with Gasteiger partial charge < -0.3 is 19.9 Å². The lowest BCUT2D eigenvalue weighted by Gasteiger charge is -2.37. The Labute approximate surface area is 178 Å². The molecule has 0 spiro atoms. The SMILES string of the molecule is CC(C)Oc1ccc(C(=O)Nc2ccc(N3CCN(C(=O)C(C)C)CC3)cc2)cc1. The molecule has 1 heterocycles. The van der Waals surface area contributed by atoms with Crippen LogP contribution in [0.1, 0.15) is 38.1 Å². The van der Waals surface area contributed by atoms with Gasteiger partial charge in [0, 0.05) is 49.0 Å². The number of nitrogens with one attached hydrogen (secondary N) is 1. The van der Waals surface area contributed by atoms with Crippen molar-refractivity contribution in [1.29, 1.82) is 0 Å². The van der Waals surface area contributed by atoms with Crippen molar-refractivity contribution in [1.82, 2.24) is 4.90 Å². The number of nitrogens with zero attached hydrogens (tertiary/aromatic N) is 2. The predicted octanol–water partition coefficient (Wildman–Crippen LogP) is 4.03. The van der Waals surface area contributed by atoms with Gasteiger partial charge in [-0.05, 0) is 62.4 Å². The quantitative estimate of drug-likeness (QED) is 0.782. The first-order valence-electron chi connectivity index (χ1n) is 10.6. The zero-order valence-electron chi connectivity index (χ0n) is 18.2. The third-order valence-electron chi connectivity index (χ3n) is 5.06. The van der Waals surface area contributed by atoms with Gasteiger partial charge in [0.15, 0.2) is 0 Å². The molecule has 3 rings (SSSR count). The highest BCUT2D eigenvalue weighted by molar-refractivity contribution is 6.04. The first kappa shape index (κ1) is 21.7. The van der Waals surface area contributed by atoms with Gasteiger partial charge in [-0.3, -0.25) is 9.59 Å². The summed E-state index contributed by atoms with van der Waals surface area (Å²) in [7, 11) is 0. The summed E-state index contributed by atoms with van der Waals surface area (Å²) in [6.07, 6.45) is 0.0989. The maximum absolute atomic E-state index is 12.5. The average Bonchev–Trinajstić information content (AvgIpc) is 2.74. The predicted molar refractivity (Wildman–Crippen MR) is 120 cm³/mol. The van der Waals surface area contributed by atoms with E-state index in [4.69, 9.17) is 4.74 Å². The third-order valence-corrected chi connectivity index (χ3v) is 5.06. The Morgan fingerprint density at radius 2 is 1.47 bits per heavy atom. The molecule has 1 saturated heterocycles. The van der Waals surface area contributed by atoms with E-state index < -0.39 is 0 Å². The van der Waals surface area contributed by atoms with Gasteiger partial charge in [-0.1, -0.05) is 13.8 Å². The summed E-state index contributed by atoms with van der Waals surface area (Å²) >= 11 is 0. The number of hydrogen-bond acceptors (Lipinski definition) is 4. The molecule has 30 heavy (non-hydrogen) atoms. The number of amides is 2. The molecule has 1 aliphatic rings. The van der Waals surface area contributed by atoms with E-state index in [9.17, 15) is 9.59 Å². The van der Waals surface area contributed by atoms with Crippen molar-refractivity contribution < 1.29 is 14.3 Å². The molecule has 6 nitrogen and oxygen atoms in total. The van der Waals surface area contributed by atoms with Crippen LogP contribution in [-0.2, 0) is 4.79 Å². The van der Waals surface area contributed by atoms with Gasteiger partial charge in [-0.2, -0.15) is 0 Å². The summed E-state index contributed by atoms with van der Waals surface area (Å²) in [6, 6.07) is 15.0. The zero-order chi connectivity index (χ0) is 21.7. The Morgan fingerprint density at radius 3 is 2.00 bits per heavy atom. The summed E-state index contributed by atoms with van der Waals surface area (Å²) in [5.74, 6) is 0.857. The fourth-order valence-corrected chi connectivity index (χ4v) is 3.47. The highest BCUT2D eigenvalue weighted by atomic mass is 16.5. The van der Waals surface area contributed by atoms with Crippen molar-refractivity contribution in [2.45, 2.75) is 33.8 Å². The van der Waals surface area contributed by atoms with Gasteiger partial charge >= 0.3 is 0 Å². The molecule has 2 aromatic rings. The molecule has 2 amide bonds. The standard InChI is InChI=1S/C24H31N3O3/c1-17(2)24(29)27-15-13-26(14-16-27)21-9-7-20(8-10-21)25-23(28)19-5-11-22(12-6-19)30-18(3)4/h5-12,17-18H,13-16H2,1-4H3,(H,25,28). The summed E-state index contributed by atoms with van der Waals surface area (Å²) in [5.41, 5.74) is 2.43. The molecule has 0 atom stereocenters. The minimum absolute atomic E-state index is 0.0402. The van der Waals surface area contributed by atoms with E-state index in [2.05, 4.69) is 10.2 Å². The van der Waals surface area contributed by atoms with E-state index >= 15 is 0 Å². The number of hydrogen-bond donors (Lipinski definition) is 1. The van der Waals surface area contributed by atoms with E-state index in [0.717, 1.165) is 43.3 Å². The van der Waals surface area contributed by atoms with Gasteiger partial charge in [0.25, 0.3) is 5.91 Å². The van der Waals surface area contributed by atoms with Crippen molar-refractivity contribution in [3.8, 4) is 5.75 Å². The number of benzene rings is 2. The molecule has 2 aromatic carbocycles. The smallest absolute Gasteiger partial charge is 0.255 e. The fourth-order valence-electron chi connectivity index (χ4n) is 3.47. The molecule has 160 valence electrons. The number of ether oxygens (including phenoxy) is 1. The molecular formula is C24H31N3O3. The first-order chi connectivity index (χ1) is 14.3. The molecular weight excluding hydrogens is 378 g/mol. The number of carbonyl (C=O) groups excluding carboxylic acids is 2. The van der Waals surface area contributed by atoms with Crippen LogP contribution in [0.5, 0.6) is 5.75 Å². The Bertz CT molecular complexity index is 852. The van der Waals surface area contributed by atoms with E-state index in [0.29, 0.717) is 5.56 Å². The molecule has 0 saturated carbocycles. The summed E-state index contributed by atoms with van der Waals surface area (Å²) in [4.78, 5) is 28.8. The van der Waals surface area contributed by atoms with E-state index in [1.165, 1.54) is 0 Å². The summed E-state index contributed by atoms with van der Waals surface area (Å²) < 4.78 is 5.61. The number of piperazine rings is 1. The maximum atomic E-state index is 12.5. The minimum Gasteiger partial charge on any atom is -0.491 e. The molecule has 0 aliphatic carbocycles. The second-order valence-electron chi connectivity index (χ2n) is 8.16. The molecule has 0 aromatic heterocycles. The van der Waals surface area contributed by atoms with Crippen LogP contribution in [0.3, 0.4) is 0 Å². The van der Waals surface area contributed by atoms with Crippen molar-refractivity contribution in [2.24, 2.45) is 5.92 Å². The Morgan fingerprint density at radius 1 is 0.867 bits per heavy atom. The molecule has 0 radical (unpaired) electrons. The topological polar surface area (TPSA) is 61.9 Å². The van der Waals surface area contributed by atoms with E-state index in [-0.39, 0.29) is 23.8 Å². The second-order valence-corrected chi connectivity index (χ2v) is 8.16. The van der Waals surface area contributed by atoms with Gasteiger partial charge in [-0.25, -0.2) is 0 Å². The second kappa shape index (κ2) is 9.65. The van der Waals surface area contributed by atoms with Crippen molar-refractivity contribution in [2.75, 3.05) is 36.4 Å². The fraction of sp³-hybridized carbons (Fsp3) is 0.417. The lowest BCUT2D eigenvalue weighted by molar-refractivity contribution is -0.134. The zero-order valence-corrected chi connectivity index (χ0v) is 18.2. The van der Waals surface area contributed by atoms with Crippen LogP contribution < -0.4 is 15.0 Å². The molecule has 0 unspecified atom stereocenters. The third kappa shape index (κ3) is 5.53. The Hall–Kier alpha value is -3.02. The lowest BCUT2D eigenvalue weighted by Crippen LogP contribution is -2.49. The van der Waals surface area contributed by atoms with Gasteiger partial charge in [0.2, 0.25) is 5.91 Å². The van der Waals surface area contributed by atoms with Gasteiger partial charge in [-0.15, -0.1) is 0 Å². The van der Waals surface area contributed by atoms with Gasteiger partial charge in [0.05, 0.1) is 6.10 Å². The van der Waals surface area contributed by atoms with Crippen LogP contribution >= 0.6 is 0 Å². The monoisotopic (exact) mass is 409 g/mol. The van der Waals surface area contributed by atoms with E-state index in [1.807, 2.05) is 69.0 Å².